The van der Waals surface area contributed by atoms with Gasteiger partial charge in [-0.05, 0) is 26.0 Å². The van der Waals surface area contributed by atoms with Gasteiger partial charge in [-0.2, -0.15) is 12.6 Å². The largest absolute Gasteiger partial charge is 0.371 e. The quantitative estimate of drug-likeness (QED) is 0.510. The summed E-state index contributed by atoms with van der Waals surface area (Å²) in [7, 11) is 0. The third-order valence-electron chi connectivity index (χ3n) is 1.22. The Bertz CT molecular complexity index is 213. The minimum Gasteiger partial charge on any atom is -0.371 e. The van der Waals surface area contributed by atoms with E-state index >= 15 is 0 Å². The second kappa shape index (κ2) is 3.18. The summed E-state index contributed by atoms with van der Waals surface area (Å²) in [4.78, 5) is -0.151. The first-order valence-corrected chi connectivity index (χ1v) is 4.08. The summed E-state index contributed by atoms with van der Waals surface area (Å²) in [6, 6.07) is 10.1. The molecule has 0 amide bonds. The van der Waals surface area contributed by atoms with Crippen LogP contribution in [0.3, 0.4) is 0 Å². The van der Waals surface area contributed by atoms with E-state index in [9.17, 15) is 0 Å². The van der Waals surface area contributed by atoms with Crippen LogP contribution in [0.2, 0.25) is 0 Å². The van der Waals surface area contributed by atoms with Gasteiger partial charge in [-0.1, -0.05) is 18.2 Å². The van der Waals surface area contributed by atoms with Crippen molar-refractivity contribution in [2.75, 3.05) is 5.32 Å². The van der Waals surface area contributed by atoms with Gasteiger partial charge in [0.05, 0.1) is 4.87 Å². The number of nitrogens with one attached hydrogen (secondary N) is 1. The molecule has 0 spiro atoms. The summed E-state index contributed by atoms with van der Waals surface area (Å²) in [5.41, 5.74) is 1.10. The van der Waals surface area contributed by atoms with Crippen LogP contribution in [-0.2, 0) is 0 Å². The van der Waals surface area contributed by atoms with Crippen LogP contribution in [0.25, 0.3) is 0 Å². The van der Waals surface area contributed by atoms with Crippen molar-refractivity contribution in [1.82, 2.24) is 0 Å². The number of para-hydroxylation sites is 1. The van der Waals surface area contributed by atoms with Gasteiger partial charge in [0.25, 0.3) is 0 Å². The van der Waals surface area contributed by atoms with E-state index in [-0.39, 0.29) is 4.87 Å². The van der Waals surface area contributed by atoms with Gasteiger partial charge in [0, 0.05) is 5.69 Å². The molecule has 0 heterocycles. The van der Waals surface area contributed by atoms with E-state index in [4.69, 9.17) is 0 Å². The molecule has 11 heavy (non-hydrogen) atoms. The summed E-state index contributed by atoms with van der Waals surface area (Å²) in [5, 5.41) is 3.25. The number of benzene rings is 1. The average molecular weight is 167 g/mol. The smallest absolute Gasteiger partial charge is 0.0747 e. The Morgan fingerprint density at radius 1 is 1.18 bits per heavy atom. The molecule has 0 aliphatic rings. The lowest BCUT2D eigenvalue weighted by Gasteiger charge is -2.20. The standard InChI is InChI=1S/C9H13NS/c1-9(2,11)10-8-6-4-3-5-7-8/h3-7,10-11H,1-2H3. The maximum atomic E-state index is 4.35. The third-order valence-corrected chi connectivity index (χ3v) is 1.34. The lowest BCUT2D eigenvalue weighted by molar-refractivity contribution is 0.831. The van der Waals surface area contributed by atoms with Crippen LogP contribution in [0.4, 0.5) is 5.69 Å². The first-order valence-electron chi connectivity index (χ1n) is 3.63. The fourth-order valence-electron chi connectivity index (χ4n) is 0.875. The normalized spacial score (nSPS) is 11.2. The van der Waals surface area contributed by atoms with Crippen LogP contribution in [0.1, 0.15) is 13.8 Å². The number of anilines is 1. The Balaban J connectivity index is 2.66. The van der Waals surface area contributed by atoms with Gasteiger partial charge in [0.2, 0.25) is 0 Å². The Kier molecular flexibility index (Phi) is 2.45. The molecule has 1 rings (SSSR count). The Morgan fingerprint density at radius 2 is 1.73 bits per heavy atom. The van der Waals surface area contributed by atoms with Crippen molar-refractivity contribution in [3.8, 4) is 0 Å². The van der Waals surface area contributed by atoms with Crippen LogP contribution in [0, 0.1) is 0 Å². The molecule has 1 aromatic rings. The number of hydrogen-bond donors (Lipinski definition) is 2. The zero-order valence-electron chi connectivity index (χ0n) is 6.83. The summed E-state index contributed by atoms with van der Waals surface area (Å²) >= 11 is 4.35. The molecule has 1 aromatic carbocycles. The lowest BCUT2D eigenvalue weighted by Crippen LogP contribution is -2.22. The molecule has 1 nitrogen and oxygen atoms in total. The highest BCUT2D eigenvalue weighted by molar-refractivity contribution is 7.81. The van der Waals surface area contributed by atoms with Gasteiger partial charge in [-0.15, -0.1) is 0 Å². The van der Waals surface area contributed by atoms with Crippen LogP contribution in [-0.4, -0.2) is 4.87 Å². The summed E-state index contributed by atoms with van der Waals surface area (Å²) in [5.74, 6) is 0. The molecule has 0 unspecified atom stereocenters. The van der Waals surface area contributed by atoms with E-state index < -0.39 is 0 Å². The Morgan fingerprint density at radius 3 is 2.18 bits per heavy atom. The van der Waals surface area contributed by atoms with Crippen molar-refractivity contribution < 1.29 is 0 Å². The second-order valence-corrected chi connectivity index (χ2v) is 4.17. The number of hydrogen-bond acceptors (Lipinski definition) is 2. The topological polar surface area (TPSA) is 12.0 Å². The predicted octanol–water partition coefficient (Wildman–Crippen LogP) is 2.76. The molecule has 1 N–H and O–H groups in total. The van der Waals surface area contributed by atoms with Gasteiger partial charge in [-0.25, -0.2) is 0 Å². The average Bonchev–Trinajstić information content (AvgIpc) is 1.85. The minimum absolute atomic E-state index is 0.151. The Labute approximate surface area is 73.2 Å². The first-order chi connectivity index (χ1) is 5.08. The van der Waals surface area contributed by atoms with Crippen LogP contribution in [0.15, 0.2) is 30.3 Å². The monoisotopic (exact) mass is 167 g/mol. The summed E-state index contributed by atoms with van der Waals surface area (Å²) < 4.78 is 0. The molecule has 60 valence electrons. The van der Waals surface area contributed by atoms with Crippen molar-refractivity contribution in [1.29, 1.82) is 0 Å². The van der Waals surface area contributed by atoms with E-state index in [0.29, 0.717) is 0 Å². The molecule has 0 aromatic heterocycles. The minimum atomic E-state index is -0.151. The first kappa shape index (κ1) is 8.47. The van der Waals surface area contributed by atoms with Crippen molar-refractivity contribution in [2.24, 2.45) is 0 Å². The predicted molar refractivity (Wildman–Crippen MR) is 53.1 cm³/mol. The molecule has 2 heteroatoms. The zero-order chi connectivity index (χ0) is 8.32. The van der Waals surface area contributed by atoms with E-state index in [1.165, 1.54) is 0 Å². The molecule has 0 bridgehead atoms. The van der Waals surface area contributed by atoms with E-state index in [1.807, 2.05) is 44.2 Å². The summed E-state index contributed by atoms with van der Waals surface area (Å²) in [6.45, 7) is 4.03. The van der Waals surface area contributed by atoms with Crippen LogP contribution >= 0.6 is 12.6 Å². The fourth-order valence-corrected chi connectivity index (χ4v) is 1.00. The number of thiol groups is 1. The van der Waals surface area contributed by atoms with Crippen molar-refractivity contribution in [3.63, 3.8) is 0 Å². The van der Waals surface area contributed by atoms with Crippen molar-refractivity contribution in [2.45, 2.75) is 18.7 Å². The SMILES string of the molecule is CC(C)(S)Nc1ccccc1. The van der Waals surface area contributed by atoms with E-state index in [1.54, 1.807) is 0 Å². The lowest BCUT2D eigenvalue weighted by atomic mass is 10.3. The van der Waals surface area contributed by atoms with Crippen LogP contribution in [0.5, 0.6) is 0 Å². The van der Waals surface area contributed by atoms with Crippen LogP contribution < -0.4 is 5.32 Å². The van der Waals surface area contributed by atoms with Gasteiger partial charge >= 0.3 is 0 Å². The highest BCUT2D eigenvalue weighted by atomic mass is 32.1. The second-order valence-electron chi connectivity index (χ2n) is 3.05. The molecular formula is C9H13NS. The molecule has 0 atom stereocenters. The molecule has 0 radical (unpaired) electrons. The highest BCUT2D eigenvalue weighted by Crippen LogP contribution is 2.16. The zero-order valence-corrected chi connectivity index (χ0v) is 7.73. The molecule has 0 saturated carbocycles. The van der Waals surface area contributed by atoms with Gasteiger partial charge in [0.15, 0.2) is 0 Å². The highest BCUT2D eigenvalue weighted by Gasteiger charge is 2.08. The van der Waals surface area contributed by atoms with Crippen molar-refractivity contribution in [3.05, 3.63) is 30.3 Å². The van der Waals surface area contributed by atoms with E-state index in [2.05, 4.69) is 17.9 Å². The maximum Gasteiger partial charge on any atom is 0.0747 e. The van der Waals surface area contributed by atoms with Gasteiger partial charge in [0.1, 0.15) is 0 Å². The molecule has 0 fully saturated rings. The van der Waals surface area contributed by atoms with E-state index in [0.717, 1.165) is 5.69 Å². The molecule has 0 aliphatic heterocycles. The third kappa shape index (κ3) is 3.33. The summed E-state index contributed by atoms with van der Waals surface area (Å²) in [6.07, 6.45) is 0. The molecular weight excluding hydrogens is 154 g/mol. The fraction of sp³-hybridized carbons (Fsp3) is 0.333. The molecule has 0 saturated heterocycles. The number of rotatable bonds is 2. The Hall–Kier alpha value is -0.630. The molecule has 0 aliphatic carbocycles. The van der Waals surface area contributed by atoms with Crippen molar-refractivity contribution >= 4 is 18.3 Å². The van der Waals surface area contributed by atoms with Gasteiger partial charge in [-0.3, -0.25) is 0 Å². The van der Waals surface area contributed by atoms with Gasteiger partial charge < -0.3 is 5.32 Å². The maximum absolute atomic E-state index is 4.35.